The van der Waals surface area contributed by atoms with Crippen LogP contribution in [0.2, 0.25) is 0 Å². The van der Waals surface area contributed by atoms with Crippen molar-refractivity contribution in [2.45, 2.75) is 30.6 Å². The van der Waals surface area contributed by atoms with Crippen LogP contribution in [0.1, 0.15) is 40.2 Å². The Morgan fingerprint density at radius 3 is 2.62 bits per heavy atom. The van der Waals surface area contributed by atoms with Gasteiger partial charge in [0.1, 0.15) is 16.5 Å². The summed E-state index contributed by atoms with van der Waals surface area (Å²) < 4.78 is 45.9. The maximum absolute atomic E-state index is 13.6. The predicted octanol–water partition coefficient (Wildman–Crippen LogP) is 4.02. The van der Waals surface area contributed by atoms with E-state index in [1.807, 2.05) is 6.92 Å². The Labute approximate surface area is 195 Å². The van der Waals surface area contributed by atoms with Gasteiger partial charge in [-0.3, -0.25) is 4.79 Å². The fraction of sp³-hybridized carbons (Fsp3) is 0.208. The topological polar surface area (TPSA) is 117 Å². The van der Waals surface area contributed by atoms with Gasteiger partial charge in [0.05, 0.1) is 11.9 Å². The van der Waals surface area contributed by atoms with E-state index in [2.05, 4.69) is 10.1 Å². The van der Waals surface area contributed by atoms with E-state index in [0.29, 0.717) is 11.3 Å². The minimum Gasteiger partial charge on any atom is -0.437 e. The van der Waals surface area contributed by atoms with Gasteiger partial charge in [-0.2, -0.15) is 0 Å². The molecule has 0 bridgehead atoms. The molecule has 0 unspecified atom stereocenters. The lowest BCUT2D eigenvalue weighted by atomic mass is 9.92. The number of fused-ring (bicyclic) bond motifs is 1. The summed E-state index contributed by atoms with van der Waals surface area (Å²) in [6.07, 6.45) is 4.57. The third-order valence-corrected chi connectivity index (χ3v) is 6.97. The Kier molecular flexibility index (Phi) is 5.12. The highest BCUT2D eigenvalue weighted by atomic mass is 32.2. The number of rotatable bonds is 6. The summed E-state index contributed by atoms with van der Waals surface area (Å²) in [5.41, 5.74) is 9.23. The number of halogens is 1. The van der Waals surface area contributed by atoms with Gasteiger partial charge in [0.25, 0.3) is 0 Å². The molecule has 174 valence electrons. The molecular formula is C24H21FN4O4S. The summed E-state index contributed by atoms with van der Waals surface area (Å²) in [6, 6.07) is 10.2. The molecule has 4 aromatic rings. The molecule has 8 nitrogen and oxygen atoms in total. The molecule has 10 heteroatoms. The van der Waals surface area contributed by atoms with E-state index in [4.69, 9.17) is 10.5 Å². The largest absolute Gasteiger partial charge is 0.437 e. The quantitative estimate of drug-likeness (QED) is 0.446. The zero-order valence-electron chi connectivity index (χ0n) is 18.4. The van der Waals surface area contributed by atoms with E-state index >= 15 is 0 Å². The van der Waals surface area contributed by atoms with Crippen LogP contribution >= 0.6 is 0 Å². The second kappa shape index (κ2) is 7.91. The number of benzene rings is 2. The van der Waals surface area contributed by atoms with Crippen molar-refractivity contribution in [2.24, 2.45) is 5.73 Å². The number of amides is 1. The number of aromatic nitrogens is 3. The SMILES string of the molecule is Cc1c(C(N)=O)ccc(-c2cnc3c(S(C)(=O)=O)cc(Oc4cccc(F)c4)nn23)c1C1CC1. The van der Waals surface area contributed by atoms with Gasteiger partial charge in [0.15, 0.2) is 15.5 Å². The summed E-state index contributed by atoms with van der Waals surface area (Å²) in [5, 5.41) is 4.47. The number of carbonyl (C=O) groups excluding carboxylic acids is 1. The van der Waals surface area contributed by atoms with Crippen LogP contribution in [-0.4, -0.2) is 35.2 Å². The number of nitrogens with two attached hydrogens (primary N) is 1. The van der Waals surface area contributed by atoms with Crippen LogP contribution in [0.5, 0.6) is 11.6 Å². The van der Waals surface area contributed by atoms with Crippen LogP contribution in [-0.2, 0) is 9.84 Å². The zero-order chi connectivity index (χ0) is 24.2. The Morgan fingerprint density at radius 2 is 1.97 bits per heavy atom. The fourth-order valence-corrected chi connectivity index (χ4v) is 4.98. The molecule has 34 heavy (non-hydrogen) atoms. The smallest absolute Gasteiger partial charge is 0.248 e. The van der Waals surface area contributed by atoms with Gasteiger partial charge in [0, 0.05) is 29.5 Å². The molecule has 1 aliphatic rings. The Hall–Kier alpha value is -3.79. The number of primary amides is 1. The number of carbonyl (C=O) groups is 1. The first-order valence-corrected chi connectivity index (χ1v) is 12.5. The van der Waals surface area contributed by atoms with E-state index in [1.165, 1.54) is 28.8 Å². The maximum Gasteiger partial charge on any atom is 0.248 e. The van der Waals surface area contributed by atoms with E-state index in [1.54, 1.807) is 24.4 Å². The van der Waals surface area contributed by atoms with Crippen LogP contribution in [0.15, 0.2) is 53.6 Å². The highest BCUT2D eigenvalue weighted by molar-refractivity contribution is 7.91. The number of hydrogen-bond acceptors (Lipinski definition) is 6. The van der Waals surface area contributed by atoms with Gasteiger partial charge in [-0.1, -0.05) is 12.1 Å². The molecule has 0 atom stereocenters. The van der Waals surface area contributed by atoms with Gasteiger partial charge < -0.3 is 10.5 Å². The second-order valence-corrected chi connectivity index (χ2v) is 10.4. The lowest BCUT2D eigenvalue weighted by Gasteiger charge is -2.15. The molecule has 1 fully saturated rings. The van der Waals surface area contributed by atoms with Crippen molar-refractivity contribution >= 4 is 21.4 Å². The summed E-state index contributed by atoms with van der Waals surface area (Å²) >= 11 is 0. The predicted molar refractivity (Wildman–Crippen MR) is 123 cm³/mol. The number of nitrogens with zero attached hydrogens (tertiary/aromatic N) is 3. The van der Waals surface area contributed by atoms with Crippen molar-refractivity contribution in [3.8, 4) is 22.9 Å². The first kappa shape index (κ1) is 22.0. The van der Waals surface area contributed by atoms with Gasteiger partial charge >= 0.3 is 0 Å². The molecule has 1 saturated carbocycles. The number of imidazole rings is 1. The van der Waals surface area contributed by atoms with Crippen LogP contribution in [0.4, 0.5) is 4.39 Å². The van der Waals surface area contributed by atoms with E-state index in [-0.39, 0.29) is 28.1 Å². The molecule has 0 aliphatic heterocycles. The van der Waals surface area contributed by atoms with Crippen LogP contribution in [0.25, 0.3) is 16.9 Å². The van der Waals surface area contributed by atoms with Crippen molar-refractivity contribution < 1.29 is 22.3 Å². The Morgan fingerprint density at radius 1 is 1.21 bits per heavy atom. The number of hydrogen-bond donors (Lipinski definition) is 1. The minimum atomic E-state index is -3.70. The van der Waals surface area contributed by atoms with Gasteiger partial charge in [-0.25, -0.2) is 22.3 Å². The van der Waals surface area contributed by atoms with Crippen molar-refractivity contribution in [1.29, 1.82) is 0 Å². The van der Waals surface area contributed by atoms with Gasteiger partial charge in [-0.15, -0.1) is 5.10 Å². The first-order valence-electron chi connectivity index (χ1n) is 10.6. The molecule has 2 heterocycles. The molecule has 0 spiro atoms. The lowest BCUT2D eigenvalue weighted by molar-refractivity contribution is 0.0999. The molecule has 0 saturated heterocycles. The summed E-state index contributed by atoms with van der Waals surface area (Å²) in [4.78, 5) is 16.2. The van der Waals surface area contributed by atoms with Crippen molar-refractivity contribution in [2.75, 3.05) is 6.26 Å². The molecule has 2 N–H and O–H groups in total. The fourth-order valence-electron chi connectivity index (χ4n) is 4.19. The zero-order valence-corrected chi connectivity index (χ0v) is 19.3. The molecular weight excluding hydrogens is 459 g/mol. The summed E-state index contributed by atoms with van der Waals surface area (Å²) in [7, 11) is -3.70. The summed E-state index contributed by atoms with van der Waals surface area (Å²) in [6.45, 7) is 1.86. The van der Waals surface area contributed by atoms with Crippen LogP contribution in [0.3, 0.4) is 0 Å². The van der Waals surface area contributed by atoms with Gasteiger partial charge in [-0.05, 0) is 55.0 Å². The van der Waals surface area contributed by atoms with E-state index in [0.717, 1.165) is 35.8 Å². The monoisotopic (exact) mass is 480 g/mol. The molecule has 1 amide bonds. The second-order valence-electron chi connectivity index (χ2n) is 8.40. The number of sulfone groups is 1. The normalized spacial score (nSPS) is 13.9. The van der Waals surface area contributed by atoms with Crippen molar-refractivity contribution in [3.63, 3.8) is 0 Å². The molecule has 0 radical (unpaired) electrons. The van der Waals surface area contributed by atoms with E-state index in [9.17, 15) is 17.6 Å². The highest BCUT2D eigenvalue weighted by Gasteiger charge is 2.31. The number of ether oxygens (including phenoxy) is 1. The Bertz CT molecular complexity index is 1580. The minimum absolute atomic E-state index is 0.0313. The molecule has 5 rings (SSSR count). The van der Waals surface area contributed by atoms with E-state index < -0.39 is 21.6 Å². The Balaban J connectivity index is 1.74. The third-order valence-electron chi connectivity index (χ3n) is 5.87. The van der Waals surface area contributed by atoms with Gasteiger partial charge in [0.2, 0.25) is 11.8 Å². The average molecular weight is 481 g/mol. The highest BCUT2D eigenvalue weighted by Crippen LogP contribution is 2.47. The van der Waals surface area contributed by atoms with Crippen molar-refractivity contribution in [1.82, 2.24) is 14.6 Å². The van der Waals surface area contributed by atoms with Crippen molar-refractivity contribution in [3.05, 3.63) is 71.2 Å². The standard InChI is InChI=1S/C24H21FN4O4S/c1-13-17(23(26)30)8-9-18(22(13)14-6-7-14)19-12-27-24-20(34(2,31)32)11-21(28-29(19)24)33-16-5-3-4-15(25)10-16/h3-5,8-12,14H,6-7H2,1-2H3,(H2,26,30). The molecule has 2 aromatic heterocycles. The molecule has 1 aliphatic carbocycles. The first-order chi connectivity index (χ1) is 16.1. The van der Waals surface area contributed by atoms with Crippen LogP contribution < -0.4 is 10.5 Å². The summed E-state index contributed by atoms with van der Waals surface area (Å²) in [5.74, 6) is -0.595. The third kappa shape index (κ3) is 3.90. The lowest BCUT2D eigenvalue weighted by Crippen LogP contribution is -2.14. The maximum atomic E-state index is 13.6. The van der Waals surface area contributed by atoms with Crippen LogP contribution in [0, 0.1) is 12.7 Å². The average Bonchev–Trinajstić information content (AvgIpc) is 3.50. The molecule has 2 aromatic carbocycles.